The first-order valence-electron chi connectivity index (χ1n) is 9.67. The van der Waals surface area contributed by atoms with Gasteiger partial charge < -0.3 is 24.6 Å². The summed E-state index contributed by atoms with van der Waals surface area (Å²) in [6, 6.07) is 13.5. The van der Waals surface area contributed by atoms with Crippen LogP contribution in [0.25, 0.3) is 0 Å². The maximum absolute atomic E-state index is 12.4. The summed E-state index contributed by atoms with van der Waals surface area (Å²) >= 11 is 0. The van der Waals surface area contributed by atoms with E-state index >= 15 is 0 Å². The van der Waals surface area contributed by atoms with Gasteiger partial charge in [-0.05, 0) is 24.6 Å². The molecule has 7 heteroatoms. The van der Waals surface area contributed by atoms with Gasteiger partial charge in [-0.15, -0.1) is 0 Å². The quantitative estimate of drug-likeness (QED) is 0.709. The number of pyridine rings is 1. The molecule has 1 fully saturated rings. The molecule has 1 saturated heterocycles. The van der Waals surface area contributed by atoms with E-state index in [0.717, 1.165) is 36.6 Å². The lowest BCUT2D eigenvalue weighted by molar-refractivity contribution is 0.122. The van der Waals surface area contributed by atoms with Crippen LogP contribution in [0.5, 0.6) is 5.75 Å². The van der Waals surface area contributed by atoms with Crippen molar-refractivity contribution in [3.63, 3.8) is 0 Å². The fourth-order valence-corrected chi connectivity index (χ4v) is 3.04. The molecule has 0 radical (unpaired) electrons. The van der Waals surface area contributed by atoms with Crippen LogP contribution < -0.4 is 15.0 Å². The number of aromatic nitrogens is 1. The van der Waals surface area contributed by atoms with Gasteiger partial charge in [0.2, 0.25) is 0 Å². The number of para-hydroxylation sites is 1. The van der Waals surface area contributed by atoms with Crippen LogP contribution in [0.3, 0.4) is 0 Å². The second kappa shape index (κ2) is 10.5. The molecule has 0 spiro atoms. The van der Waals surface area contributed by atoms with Crippen molar-refractivity contribution in [2.24, 2.45) is 0 Å². The van der Waals surface area contributed by atoms with Gasteiger partial charge in [0.1, 0.15) is 11.6 Å². The summed E-state index contributed by atoms with van der Waals surface area (Å²) < 4.78 is 11.1. The Balaban J connectivity index is 1.42. The predicted molar refractivity (Wildman–Crippen MR) is 109 cm³/mol. The number of carbonyl (C=O) groups is 1. The highest BCUT2D eigenvalue weighted by Crippen LogP contribution is 2.18. The molecule has 2 heterocycles. The Labute approximate surface area is 166 Å². The zero-order valence-electron chi connectivity index (χ0n) is 16.3. The number of hydrogen-bond donors (Lipinski definition) is 1. The van der Waals surface area contributed by atoms with Crippen molar-refractivity contribution in [1.82, 2.24) is 15.2 Å². The molecule has 2 aromatic rings. The topological polar surface area (TPSA) is 66.9 Å². The summed E-state index contributed by atoms with van der Waals surface area (Å²) in [4.78, 5) is 20.8. The molecule has 2 amide bonds. The Morgan fingerprint density at radius 1 is 1.21 bits per heavy atom. The highest BCUT2D eigenvalue weighted by molar-refractivity contribution is 5.74. The van der Waals surface area contributed by atoms with Gasteiger partial charge in [-0.25, -0.2) is 9.78 Å². The van der Waals surface area contributed by atoms with Crippen LogP contribution in [0, 0.1) is 0 Å². The summed E-state index contributed by atoms with van der Waals surface area (Å²) in [7, 11) is 1.80. The number of benzene rings is 1. The first kappa shape index (κ1) is 19.9. The molecule has 1 aliphatic heterocycles. The largest absolute Gasteiger partial charge is 0.494 e. The lowest BCUT2D eigenvalue weighted by atomic mass is 10.2. The second-order valence-electron chi connectivity index (χ2n) is 6.68. The molecule has 1 N–H and O–H groups in total. The Kier molecular flexibility index (Phi) is 7.49. The number of carbonyl (C=O) groups excluding carboxylic acids is 1. The smallest absolute Gasteiger partial charge is 0.317 e. The van der Waals surface area contributed by atoms with Crippen LogP contribution in [0.1, 0.15) is 12.0 Å². The number of hydrogen-bond acceptors (Lipinski definition) is 5. The van der Waals surface area contributed by atoms with Gasteiger partial charge in [0.05, 0.1) is 19.8 Å². The van der Waals surface area contributed by atoms with E-state index in [-0.39, 0.29) is 6.03 Å². The van der Waals surface area contributed by atoms with Crippen molar-refractivity contribution >= 4 is 11.8 Å². The molecule has 3 rings (SSSR count). The minimum Gasteiger partial charge on any atom is -0.494 e. The fourth-order valence-electron chi connectivity index (χ4n) is 3.04. The monoisotopic (exact) mass is 384 g/mol. The zero-order chi connectivity index (χ0) is 19.6. The number of anilines is 1. The molecule has 150 valence electrons. The van der Waals surface area contributed by atoms with E-state index in [1.807, 2.05) is 42.5 Å². The van der Waals surface area contributed by atoms with Crippen molar-refractivity contribution < 1.29 is 14.3 Å². The molecule has 0 atom stereocenters. The van der Waals surface area contributed by atoms with E-state index in [1.54, 1.807) is 18.1 Å². The molecule has 1 aromatic carbocycles. The van der Waals surface area contributed by atoms with Gasteiger partial charge >= 0.3 is 6.03 Å². The molecule has 0 aliphatic carbocycles. The number of ether oxygens (including phenoxy) is 2. The molecular formula is C21H28N4O3. The summed E-state index contributed by atoms with van der Waals surface area (Å²) in [6.45, 7) is 4.70. The van der Waals surface area contributed by atoms with Gasteiger partial charge in [-0.3, -0.25) is 0 Å². The standard InChI is InChI=1S/C21H28N4O3/c1-24(11-6-14-28-19-8-3-2-4-9-19)21(26)23-17-18-7-5-10-22-20(18)25-12-15-27-16-13-25/h2-5,7-10H,6,11-17H2,1H3,(H,23,26). The van der Waals surface area contributed by atoms with E-state index in [1.165, 1.54) is 0 Å². The van der Waals surface area contributed by atoms with Crippen LogP contribution in [-0.4, -0.2) is 62.4 Å². The van der Waals surface area contributed by atoms with Gasteiger partial charge in [-0.1, -0.05) is 24.3 Å². The molecule has 7 nitrogen and oxygen atoms in total. The van der Waals surface area contributed by atoms with Crippen molar-refractivity contribution in [2.75, 3.05) is 51.4 Å². The summed E-state index contributed by atoms with van der Waals surface area (Å²) in [6.07, 6.45) is 2.56. The van der Waals surface area contributed by atoms with Crippen molar-refractivity contribution in [1.29, 1.82) is 0 Å². The number of nitrogens with zero attached hydrogens (tertiary/aromatic N) is 3. The third-order valence-corrected chi connectivity index (χ3v) is 4.60. The molecule has 0 bridgehead atoms. The molecule has 1 aromatic heterocycles. The SMILES string of the molecule is CN(CCCOc1ccccc1)C(=O)NCc1cccnc1N1CCOCC1. The maximum Gasteiger partial charge on any atom is 0.317 e. The fraction of sp³-hybridized carbons (Fsp3) is 0.429. The lowest BCUT2D eigenvalue weighted by Crippen LogP contribution is -2.39. The van der Waals surface area contributed by atoms with Crippen LogP contribution >= 0.6 is 0 Å². The molecule has 0 saturated carbocycles. The molecular weight excluding hydrogens is 356 g/mol. The van der Waals surface area contributed by atoms with Crippen LogP contribution in [0.2, 0.25) is 0 Å². The summed E-state index contributed by atoms with van der Waals surface area (Å²) in [5.41, 5.74) is 1.01. The average molecular weight is 384 g/mol. The van der Waals surface area contributed by atoms with E-state index < -0.39 is 0 Å². The molecule has 28 heavy (non-hydrogen) atoms. The Hall–Kier alpha value is -2.80. The number of morpholine rings is 1. The van der Waals surface area contributed by atoms with E-state index in [2.05, 4.69) is 15.2 Å². The Morgan fingerprint density at radius 3 is 2.79 bits per heavy atom. The summed E-state index contributed by atoms with van der Waals surface area (Å²) in [5.74, 6) is 1.77. The van der Waals surface area contributed by atoms with Crippen LogP contribution in [0.4, 0.5) is 10.6 Å². The molecule has 0 unspecified atom stereocenters. The predicted octanol–water partition coefficient (Wildman–Crippen LogP) is 2.53. The van der Waals surface area contributed by atoms with Crippen molar-refractivity contribution in [3.05, 3.63) is 54.2 Å². The van der Waals surface area contributed by atoms with Gasteiger partial charge in [-0.2, -0.15) is 0 Å². The van der Waals surface area contributed by atoms with Gasteiger partial charge in [0.15, 0.2) is 0 Å². The second-order valence-corrected chi connectivity index (χ2v) is 6.68. The first-order chi connectivity index (χ1) is 13.7. The number of amides is 2. The third kappa shape index (κ3) is 5.85. The van der Waals surface area contributed by atoms with Crippen molar-refractivity contribution in [2.45, 2.75) is 13.0 Å². The number of rotatable bonds is 8. The van der Waals surface area contributed by atoms with Crippen molar-refractivity contribution in [3.8, 4) is 5.75 Å². The van der Waals surface area contributed by atoms with Gasteiger partial charge in [0, 0.05) is 45.0 Å². The normalized spacial score (nSPS) is 13.8. The van der Waals surface area contributed by atoms with E-state index in [0.29, 0.717) is 32.9 Å². The number of urea groups is 1. The minimum absolute atomic E-state index is 0.100. The highest BCUT2D eigenvalue weighted by Gasteiger charge is 2.16. The zero-order valence-corrected chi connectivity index (χ0v) is 16.3. The average Bonchev–Trinajstić information content (AvgIpc) is 2.76. The minimum atomic E-state index is -0.100. The molecule has 1 aliphatic rings. The lowest BCUT2D eigenvalue weighted by Gasteiger charge is -2.29. The van der Waals surface area contributed by atoms with Crippen LogP contribution in [0.15, 0.2) is 48.7 Å². The Bertz CT molecular complexity index is 735. The number of nitrogens with one attached hydrogen (secondary N) is 1. The highest BCUT2D eigenvalue weighted by atomic mass is 16.5. The van der Waals surface area contributed by atoms with Crippen LogP contribution in [-0.2, 0) is 11.3 Å². The third-order valence-electron chi connectivity index (χ3n) is 4.60. The maximum atomic E-state index is 12.4. The first-order valence-corrected chi connectivity index (χ1v) is 9.67. The summed E-state index contributed by atoms with van der Waals surface area (Å²) in [5, 5.41) is 2.99. The van der Waals surface area contributed by atoms with Gasteiger partial charge in [0.25, 0.3) is 0 Å². The van der Waals surface area contributed by atoms with E-state index in [4.69, 9.17) is 9.47 Å². The Morgan fingerprint density at radius 2 is 2.00 bits per heavy atom. The van der Waals surface area contributed by atoms with E-state index in [9.17, 15) is 4.79 Å².